The molecule has 1 aromatic rings. The molecule has 1 unspecified atom stereocenters. The maximum absolute atomic E-state index is 12.1. The van der Waals surface area contributed by atoms with E-state index >= 15 is 0 Å². The van der Waals surface area contributed by atoms with Crippen LogP contribution in [0.15, 0.2) is 24.3 Å². The van der Waals surface area contributed by atoms with Gasteiger partial charge in [0.15, 0.2) is 0 Å². The molecule has 1 heterocycles. The predicted molar refractivity (Wildman–Crippen MR) is 71.7 cm³/mol. The molecule has 1 atom stereocenters. The van der Waals surface area contributed by atoms with Crippen LogP contribution in [0, 0.1) is 5.92 Å². The van der Waals surface area contributed by atoms with Crippen molar-refractivity contribution in [2.45, 2.75) is 19.3 Å². The number of amides is 1. The third-order valence-corrected chi connectivity index (χ3v) is 3.45. The third kappa shape index (κ3) is 3.23. The number of carbonyl (C=O) groups is 1. The maximum atomic E-state index is 12.1. The zero-order valence-electron chi connectivity index (χ0n) is 10.7. The third-order valence-electron chi connectivity index (χ3n) is 3.45. The molecule has 0 spiro atoms. The number of phenols is 1. The van der Waals surface area contributed by atoms with Gasteiger partial charge in [0.1, 0.15) is 5.75 Å². The lowest BCUT2D eigenvalue weighted by molar-refractivity contribution is -0.119. The van der Waals surface area contributed by atoms with Crippen molar-refractivity contribution < 1.29 is 9.90 Å². The smallest absolute Gasteiger partial charge is 0.227 e. The monoisotopic (exact) mass is 248 g/mol. The van der Waals surface area contributed by atoms with Crippen LogP contribution in [-0.4, -0.2) is 31.2 Å². The summed E-state index contributed by atoms with van der Waals surface area (Å²) in [5, 5.41) is 12.7. The fraction of sp³-hybridized carbons (Fsp3) is 0.500. The molecule has 0 aliphatic carbocycles. The van der Waals surface area contributed by atoms with Gasteiger partial charge >= 0.3 is 0 Å². The summed E-state index contributed by atoms with van der Waals surface area (Å²) < 4.78 is 0. The van der Waals surface area contributed by atoms with E-state index in [1.54, 1.807) is 30.1 Å². The molecule has 4 nitrogen and oxygen atoms in total. The van der Waals surface area contributed by atoms with Crippen molar-refractivity contribution in [3.8, 4) is 5.75 Å². The van der Waals surface area contributed by atoms with Gasteiger partial charge in [0.05, 0.1) is 0 Å². The Kier molecular flexibility index (Phi) is 4.20. The van der Waals surface area contributed by atoms with Gasteiger partial charge in [0.2, 0.25) is 5.91 Å². The van der Waals surface area contributed by atoms with E-state index < -0.39 is 0 Å². The lowest BCUT2D eigenvalue weighted by atomic mass is 9.95. The number of benzene rings is 1. The molecule has 1 saturated heterocycles. The Morgan fingerprint density at radius 1 is 1.56 bits per heavy atom. The maximum Gasteiger partial charge on any atom is 0.227 e. The predicted octanol–water partition coefficient (Wildman–Crippen LogP) is 1.74. The van der Waals surface area contributed by atoms with E-state index in [4.69, 9.17) is 0 Å². The normalized spacial score (nSPS) is 19.5. The van der Waals surface area contributed by atoms with Crippen molar-refractivity contribution in [3.63, 3.8) is 0 Å². The number of phenolic OH excluding ortho intramolecular Hbond substituents is 1. The minimum atomic E-state index is 0.106. The summed E-state index contributed by atoms with van der Waals surface area (Å²) in [6.45, 7) is 1.99. The molecule has 98 valence electrons. The first-order valence-electron chi connectivity index (χ1n) is 6.43. The van der Waals surface area contributed by atoms with Crippen molar-refractivity contribution in [2.24, 2.45) is 5.92 Å². The fourth-order valence-corrected chi connectivity index (χ4v) is 2.33. The van der Waals surface area contributed by atoms with Crippen LogP contribution in [0.4, 0.5) is 5.69 Å². The van der Waals surface area contributed by atoms with E-state index in [1.165, 1.54) is 0 Å². The molecule has 0 aromatic heterocycles. The second-order valence-corrected chi connectivity index (χ2v) is 4.89. The second kappa shape index (κ2) is 5.87. The minimum Gasteiger partial charge on any atom is -0.508 e. The van der Waals surface area contributed by atoms with Gasteiger partial charge in [-0.1, -0.05) is 6.07 Å². The Morgan fingerprint density at radius 2 is 2.39 bits per heavy atom. The molecular formula is C14H20N2O2. The van der Waals surface area contributed by atoms with Crippen LogP contribution in [0.1, 0.15) is 19.3 Å². The zero-order valence-corrected chi connectivity index (χ0v) is 10.7. The Morgan fingerprint density at radius 3 is 3.06 bits per heavy atom. The summed E-state index contributed by atoms with van der Waals surface area (Å²) in [6, 6.07) is 6.79. The van der Waals surface area contributed by atoms with E-state index in [-0.39, 0.29) is 11.7 Å². The Balaban J connectivity index is 1.95. The van der Waals surface area contributed by atoms with Crippen LogP contribution in [0.5, 0.6) is 5.75 Å². The number of hydrogen-bond acceptors (Lipinski definition) is 3. The van der Waals surface area contributed by atoms with Gasteiger partial charge in [-0.2, -0.15) is 0 Å². The van der Waals surface area contributed by atoms with Crippen LogP contribution in [0.3, 0.4) is 0 Å². The van der Waals surface area contributed by atoms with Crippen molar-refractivity contribution in [1.82, 2.24) is 5.32 Å². The first kappa shape index (κ1) is 12.9. The summed E-state index contributed by atoms with van der Waals surface area (Å²) in [5.74, 6) is 0.729. The average Bonchev–Trinajstić information content (AvgIpc) is 2.39. The first-order valence-corrected chi connectivity index (χ1v) is 6.43. The van der Waals surface area contributed by atoms with E-state index in [0.717, 1.165) is 31.6 Å². The number of hydrogen-bond donors (Lipinski definition) is 2. The van der Waals surface area contributed by atoms with Crippen molar-refractivity contribution in [1.29, 1.82) is 0 Å². The average molecular weight is 248 g/mol. The summed E-state index contributed by atoms with van der Waals surface area (Å²) in [6.07, 6.45) is 2.83. The van der Waals surface area contributed by atoms with Crippen molar-refractivity contribution in [3.05, 3.63) is 24.3 Å². The van der Waals surface area contributed by atoms with Crippen LogP contribution < -0.4 is 10.2 Å². The molecule has 1 aliphatic heterocycles. The zero-order chi connectivity index (χ0) is 13.0. The van der Waals surface area contributed by atoms with Gasteiger partial charge < -0.3 is 15.3 Å². The standard InChI is InChI=1S/C14H20N2O2/c1-16(12-5-2-6-13(17)9-12)14(18)8-11-4-3-7-15-10-11/h2,5-6,9,11,15,17H,3-4,7-8,10H2,1H3. The fourth-order valence-electron chi connectivity index (χ4n) is 2.33. The molecule has 0 radical (unpaired) electrons. The number of piperidine rings is 1. The summed E-state index contributed by atoms with van der Waals surface area (Å²) in [4.78, 5) is 13.8. The highest BCUT2D eigenvalue weighted by molar-refractivity contribution is 5.93. The Hall–Kier alpha value is -1.55. The summed E-state index contributed by atoms with van der Waals surface area (Å²) >= 11 is 0. The molecule has 1 fully saturated rings. The second-order valence-electron chi connectivity index (χ2n) is 4.89. The van der Waals surface area contributed by atoms with Gasteiger partial charge in [-0.05, 0) is 44.0 Å². The number of nitrogens with one attached hydrogen (secondary N) is 1. The van der Waals surface area contributed by atoms with Gasteiger partial charge in [-0.25, -0.2) is 0 Å². The van der Waals surface area contributed by atoms with Crippen molar-refractivity contribution in [2.75, 3.05) is 25.0 Å². The lowest BCUT2D eigenvalue weighted by Crippen LogP contribution is -2.35. The molecule has 18 heavy (non-hydrogen) atoms. The van der Waals surface area contributed by atoms with E-state index in [2.05, 4.69) is 5.32 Å². The lowest BCUT2D eigenvalue weighted by Gasteiger charge is -2.25. The number of nitrogens with zero attached hydrogens (tertiary/aromatic N) is 1. The topological polar surface area (TPSA) is 52.6 Å². The molecule has 0 saturated carbocycles. The van der Waals surface area contributed by atoms with E-state index in [9.17, 15) is 9.90 Å². The summed E-state index contributed by atoms with van der Waals surface area (Å²) in [5.41, 5.74) is 0.740. The van der Waals surface area contributed by atoms with E-state index in [1.807, 2.05) is 6.07 Å². The molecular weight excluding hydrogens is 228 g/mol. The molecule has 1 aromatic carbocycles. The number of aromatic hydroxyl groups is 1. The molecule has 4 heteroatoms. The quantitative estimate of drug-likeness (QED) is 0.856. The Bertz CT molecular complexity index is 414. The number of anilines is 1. The number of carbonyl (C=O) groups excluding carboxylic acids is 1. The highest BCUT2D eigenvalue weighted by Crippen LogP contribution is 2.21. The largest absolute Gasteiger partial charge is 0.508 e. The van der Waals surface area contributed by atoms with Crippen LogP contribution in [0.2, 0.25) is 0 Å². The highest BCUT2D eigenvalue weighted by Gasteiger charge is 2.19. The first-order chi connectivity index (χ1) is 8.66. The van der Waals surface area contributed by atoms with Gasteiger partial charge in [-0.3, -0.25) is 4.79 Å². The number of rotatable bonds is 3. The minimum absolute atomic E-state index is 0.106. The molecule has 1 aliphatic rings. The molecule has 1 amide bonds. The summed E-state index contributed by atoms with van der Waals surface area (Å²) in [7, 11) is 1.76. The van der Waals surface area contributed by atoms with Crippen LogP contribution >= 0.6 is 0 Å². The molecule has 2 rings (SSSR count). The molecule has 2 N–H and O–H groups in total. The van der Waals surface area contributed by atoms with Crippen LogP contribution in [0.25, 0.3) is 0 Å². The molecule has 0 bridgehead atoms. The Labute approximate surface area is 108 Å². The highest BCUT2D eigenvalue weighted by atomic mass is 16.3. The van der Waals surface area contributed by atoms with Gasteiger partial charge in [0, 0.05) is 25.2 Å². The van der Waals surface area contributed by atoms with Crippen LogP contribution in [-0.2, 0) is 4.79 Å². The SMILES string of the molecule is CN(C(=O)CC1CCCNC1)c1cccc(O)c1. The van der Waals surface area contributed by atoms with E-state index in [0.29, 0.717) is 12.3 Å². The van der Waals surface area contributed by atoms with Gasteiger partial charge in [-0.15, -0.1) is 0 Å². The van der Waals surface area contributed by atoms with Crippen molar-refractivity contribution >= 4 is 11.6 Å². The van der Waals surface area contributed by atoms with Gasteiger partial charge in [0.25, 0.3) is 0 Å².